The van der Waals surface area contributed by atoms with Gasteiger partial charge in [0.1, 0.15) is 17.7 Å². The van der Waals surface area contributed by atoms with Crippen molar-refractivity contribution in [2.24, 2.45) is 5.73 Å². The van der Waals surface area contributed by atoms with Crippen LogP contribution in [-0.2, 0) is 0 Å². The maximum Gasteiger partial charge on any atom is 0.148 e. The summed E-state index contributed by atoms with van der Waals surface area (Å²) in [7, 11) is 0. The third-order valence-corrected chi connectivity index (χ3v) is 4.44. The quantitative estimate of drug-likeness (QED) is 0.848. The first-order valence-electron chi connectivity index (χ1n) is 5.60. The molecule has 0 amide bonds. The molecule has 0 fully saturated rings. The van der Waals surface area contributed by atoms with E-state index in [0.717, 1.165) is 4.88 Å². The highest BCUT2D eigenvalue weighted by Gasteiger charge is 2.20. The minimum absolute atomic E-state index is 0.235. The molecule has 2 atom stereocenters. The lowest BCUT2D eigenvalue weighted by atomic mass is 10.1. The Kier molecular flexibility index (Phi) is 4.84. The zero-order valence-corrected chi connectivity index (χ0v) is 13.2. The van der Waals surface area contributed by atoms with Crippen molar-refractivity contribution in [2.45, 2.75) is 19.1 Å². The molecule has 0 bridgehead atoms. The molecule has 0 aliphatic rings. The van der Waals surface area contributed by atoms with Crippen LogP contribution >= 0.6 is 38.9 Å². The largest absolute Gasteiger partial charge is 0.483 e. The van der Waals surface area contributed by atoms with Gasteiger partial charge in [0.15, 0.2) is 0 Å². The predicted octanol–water partition coefficient (Wildman–Crippen LogP) is 4.77. The van der Waals surface area contributed by atoms with Crippen LogP contribution in [0.4, 0.5) is 4.39 Å². The number of nitrogens with two attached hydrogens (primary N) is 1. The summed E-state index contributed by atoms with van der Waals surface area (Å²) < 4.78 is 20.3. The first-order chi connectivity index (χ1) is 8.97. The molecule has 0 aliphatic carbocycles. The molecule has 0 saturated heterocycles. The number of ether oxygens (including phenoxy) is 1. The van der Waals surface area contributed by atoms with E-state index in [9.17, 15) is 4.39 Å². The molecule has 6 heteroatoms. The molecule has 1 aromatic carbocycles. The summed E-state index contributed by atoms with van der Waals surface area (Å²) in [5.41, 5.74) is 5.93. The monoisotopic (exact) mass is 363 g/mol. The van der Waals surface area contributed by atoms with Gasteiger partial charge in [-0.25, -0.2) is 4.39 Å². The fraction of sp³-hybridized carbons (Fsp3) is 0.231. The Hall–Kier alpha value is -0.620. The van der Waals surface area contributed by atoms with Crippen molar-refractivity contribution in [3.8, 4) is 5.75 Å². The summed E-state index contributed by atoms with van der Waals surface area (Å²) in [5.74, 6) is 0.0673. The second-order valence-corrected chi connectivity index (χ2v) is 6.72. The molecular weight excluding hydrogens is 353 g/mol. The number of benzene rings is 1. The van der Waals surface area contributed by atoms with E-state index in [0.29, 0.717) is 14.6 Å². The third-order valence-electron chi connectivity index (χ3n) is 2.51. The summed E-state index contributed by atoms with van der Waals surface area (Å²) in [6, 6.07) is 8.05. The Bertz CT molecular complexity index is 576. The maximum absolute atomic E-state index is 13.5. The zero-order chi connectivity index (χ0) is 14.0. The van der Waals surface area contributed by atoms with Crippen molar-refractivity contribution in [1.82, 2.24) is 0 Å². The van der Waals surface area contributed by atoms with Crippen LogP contribution in [0.3, 0.4) is 0 Å². The maximum atomic E-state index is 13.5. The van der Waals surface area contributed by atoms with Crippen molar-refractivity contribution in [3.63, 3.8) is 0 Å². The Labute approximate surface area is 128 Å². The number of thiophene rings is 1. The Balaban J connectivity index is 2.23. The Morgan fingerprint density at radius 2 is 2.11 bits per heavy atom. The molecule has 0 saturated carbocycles. The second kappa shape index (κ2) is 6.22. The number of hydrogen-bond donors (Lipinski definition) is 1. The highest BCUT2D eigenvalue weighted by molar-refractivity contribution is 9.10. The minimum Gasteiger partial charge on any atom is -0.483 e. The van der Waals surface area contributed by atoms with Crippen LogP contribution in [0.25, 0.3) is 0 Å². The van der Waals surface area contributed by atoms with E-state index < -0.39 is 0 Å². The second-order valence-electron chi connectivity index (χ2n) is 4.12. The molecule has 2 unspecified atom stereocenters. The molecule has 1 aromatic heterocycles. The fourth-order valence-corrected chi connectivity index (χ4v) is 3.06. The summed E-state index contributed by atoms with van der Waals surface area (Å²) in [6.45, 7) is 1.84. The number of hydrogen-bond acceptors (Lipinski definition) is 3. The first-order valence-corrected chi connectivity index (χ1v) is 7.58. The standard InChI is InChI=1S/C13H12BrClFNOS/c1-7(17)13(11-4-5-12(15)19-11)18-8-2-3-9(14)10(16)6-8/h2-7,13H,17H2,1H3. The zero-order valence-electron chi connectivity index (χ0n) is 10.1. The highest BCUT2D eigenvalue weighted by atomic mass is 79.9. The van der Waals surface area contributed by atoms with Crippen LogP contribution in [-0.4, -0.2) is 6.04 Å². The van der Waals surface area contributed by atoms with Crippen molar-refractivity contribution in [2.75, 3.05) is 0 Å². The van der Waals surface area contributed by atoms with Gasteiger partial charge in [0, 0.05) is 17.0 Å². The Morgan fingerprint density at radius 1 is 1.37 bits per heavy atom. The van der Waals surface area contributed by atoms with E-state index >= 15 is 0 Å². The van der Waals surface area contributed by atoms with Gasteiger partial charge >= 0.3 is 0 Å². The van der Waals surface area contributed by atoms with Crippen LogP contribution in [0.2, 0.25) is 4.34 Å². The first kappa shape index (κ1) is 14.8. The van der Waals surface area contributed by atoms with Gasteiger partial charge in [-0.2, -0.15) is 0 Å². The highest BCUT2D eigenvalue weighted by Crippen LogP contribution is 2.32. The van der Waals surface area contributed by atoms with E-state index in [1.54, 1.807) is 18.2 Å². The van der Waals surface area contributed by atoms with Gasteiger partial charge in [0.05, 0.1) is 8.81 Å². The van der Waals surface area contributed by atoms with E-state index in [2.05, 4.69) is 15.9 Å². The minimum atomic E-state index is -0.370. The molecule has 0 spiro atoms. The van der Waals surface area contributed by atoms with Crippen molar-refractivity contribution in [3.05, 3.63) is 49.8 Å². The molecular formula is C13H12BrClFNOS. The molecule has 2 N–H and O–H groups in total. The molecule has 2 aromatic rings. The molecule has 19 heavy (non-hydrogen) atoms. The van der Waals surface area contributed by atoms with Crippen LogP contribution < -0.4 is 10.5 Å². The average Bonchev–Trinajstić information content (AvgIpc) is 2.76. The van der Waals surface area contributed by atoms with Crippen LogP contribution in [0, 0.1) is 5.82 Å². The lowest BCUT2D eigenvalue weighted by Gasteiger charge is -2.21. The number of rotatable bonds is 4. The molecule has 1 heterocycles. The van der Waals surface area contributed by atoms with Gasteiger partial charge in [0.2, 0.25) is 0 Å². The van der Waals surface area contributed by atoms with Gasteiger partial charge in [-0.15, -0.1) is 11.3 Å². The van der Waals surface area contributed by atoms with E-state index in [-0.39, 0.29) is 18.0 Å². The normalized spacial score (nSPS) is 14.2. The average molecular weight is 365 g/mol. The van der Waals surface area contributed by atoms with Gasteiger partial charge in [-0.05, 0) is 47.1 Å². The van der Waals surface area contributed by atoms with E-state index in [1.807, 2.05) is 13.0 Å². The van der Waals surface area contributed by atoms with Crippen molar-refractivity contribution < 1.29 is 9.13 Å². The van der Waals surface area contributed by atoms with Crippen LogP contribution in [0.5, 0.6) is 5.75 Å². The van der Waals surface area contributed by atoms with E-state index in [4.69, 9.17) is 22.1 Å². The number of halogens is 3. The third kappa shape index (κ3) is 3.69. The summed E-state index contributed by atoms with van der Waals surface area (Å²) >= 11 is 10.4. The molecule has 2 nitrogen and oxygen atoms in total. The Morgan fingerprint density at radius 3 is 2.63 bits per heavy atom. The van der Waals surface area contributed by atoms with Gasteiger partial charge in [-0.1, -0.05) is 11.6 Å². The SMILES string of the molecule is CC(N)C(Oc1ccc(Br)c(F)c1)c1ccc(Cl)s1. The molecule has 2 rings (SSSR count). The van der Waals surface area contributed by atoms with Crippen LogP contribution in [0.1, 0.15) is 17.9 Å². The lowest BCUT2D eigenvalue weighted by Crippen LogP contribution is -2.28. The fourth-order valence-electron chi connectivity index (χ4n) is 1.60. The van der Waals surface area contributed by atoms with Crippen molar-refractivity contribution >= 4 is 38.9 Å². The van der Waals surface area contributed by atoms with E-state index in [1.165, 1.54) is 17.4 Å². The molecule has 102 valence electrons. The molecule has 0 aliphatic heterocycles. The van der Waals surface area contributed by atoms with Crippen LogP contribution in [0.15, 0.2) is 34.8 Å². The van der Waals surface area contributed by atoms with Crippen molar-refractivity contribution in [1.29, 1.82) is 0 Å². The summed E-state index contributed by atoms with van der Waals surface area (Å²) in [5, 5.41) is 0. The summed E-state index contributed by atoms with van der Waals surface area (Å²) in [6.07, 6.45) is -0.349. The van der Waals surface area contributed by atoms with Gasteiger partial charge in [0.25, 0.3) is 0 Å². The lowest BCUT2D eigenvalue weighted by molar-refractivity contribution is 0.183. The molecule has 0 radical (unpaired) electrons. The summed E-state index contributed by atoms with van der Waals surface area (Å²) in [4.78, 5) is 0.920. The smallest absolute Gasteiger partial charge is 0.148 e. The van der Waals surface area contributed by atoms with Gasteiger partial charge in [-0.3, -0.25) is 0 Å². The topological polar surface area (TPSA) is 35.2 Å². The predicted molar refractivity (Wildman–Crippen MR) is 80.4 cm³/mol. The van der Waals surface area contributed by atoms with Gasteiger partial charge < -0.3 is 10.5 Å².